The monoisotopic (exact) mass is 280 g/mol. The molecule has 1 saturated carbocycles. The molecule has 3 unspecified atom stereocenters. The van der Waals surface area contributed by atoms with Crippen LogP contribution in [0.2, 0.25) is 0 Å². The van der Waals surface area contributed by atoms with Gasteiger partial charge in [-0.1, -0.05) is 13.8 Å². The van der Waals surface area contributed by atoms with E-state index in [-0.39, 0.29) is 0 Å². The Morgan fingerprint density at radius 3 is 2.65 bits per heavy atom. The lowest BCUT2D eigenvalue weighted by Gasteiger charge is -2.50. The van der Waals surface area contributed by atoms with Crippen LogP contribution in [0, 0.1) is 11.8 Å². The lowest BCUT2D eigenvalue weighted by molar-refractivity contribution is -0.0506. The topological polar surface area (TPSA) is 24.5 Å². The van der Waals surface area contributed by atoms with Gasteiger partial charge in [0.2, 0.25) is 0 Å². The van der Waals surface area contributed by atoms with E-state index in [0.29, 0.717) is 23.6 Å². The van der Waals surface area contributed by atoms with E-state index in [2.05, 4.69) is 31.0 Å². The predicted octanol–water partition coefficient (Wildman–Crippen LogP) is 2.65. The molecular weight excluding hydrogens is 248 g/mol. The summed E-state index contributed by atoms with van der Waals surface area (Å²) in [5.41, 5.74) is 0.367. The summed E-state index contributed by atoms with van der Waals surface area (Å²) < 4.78 is 6.01. The lowest BCUT2D eigenvalue weighted by atomic mass is 9.86. The van der Waals surface area contributed by atoms with Crippen molar-refractivity contribution in [1.29, 1.82) is 0 Å². The van der Waals surface area contributed by atoms with Gasteiger partial charge < -0.3 is 10.1 Å². The smallest absolute Gasteiger partial charge is 0.0702 e. The molecule has 3 atom stereocenters. The highest BCUT2D eigenvalue weighted by Gasteiger charge is 2.48. The van der Waals surface area contributed by atoms with Gasteiger partial charge in [-0.2, -0.15) is 0 Å². The zero-order valence-electron chi connectivity index (χ0n) is 13.5. The maximum absolute atomic E-state index is 6.01. The van der Waals surface area contributed by atoms with Crippen molar-refractivity contribution in [2.75, 3.05) is 26.2 Å². The van der Waals surface area contributed by atoms with Gasteiger partial charge in [0.25, 0.3) is 0 Å². The summed E-state index contributed by atoms with van der Waals surface area (Å²) in [7, 11) is 0. The highest BCUT2D eigenvalue weighted by molar-refractivity contribution is 5.05. The van der Waals surface area contributed by atoms with Crippen molar-refractivity contribution in [3.8, 4) is 0 Å². The molecule has 1 N–H and O–H groups in total. The van der Waals surface area contributed by atoms with Crippen molar-refractivity contribution in [3.63, 3.8) is 0 Å². The lowest BCUT2D eigenvalue weighted by Crippen LogP contribution is -2.66. The van der Waals surface area contributed by atoms with E-state index in [4.69, 9.17) is 4.74 Å². The third kappa shape index (κ3) is 3.05. The first-order valence-electron chi connectivity index (χ1n) is 8.69. The number of nitrogens with one attached hydrogen (secondary N) is 1. The Morgan fingerprint density at radius 2 is 2.05 bits per heavy atom. The quantitative estimate of drug-likeness (QED) is 0.857. The predicted molar refractivity (Wildman–Crippen MR) is 82.9 cm³/mol. The second-order valence-corrected chi connectivity index (χ2v) is 7.76. The minimum absolute atomic E-state index is 0.367. The van der Waals surface area contributed by atoms with Crippen molar-refractivity contribution in [2.24, 2.45) is 11.8 Å². The fourth-order valence-corrected chi connectivity index (χ4v) is 3.99. The van der Waals surface area contributed by atoms with E-state index < -0.39 is 0 Å². The minimum Gasteiger partial charge on any atom is -0.377 e. The molecule has 3 heteroatoms. The van der Waals surface area contributed by atoms with Crippen LogP contribution in [-0.4, -0.2) is 48.8 Å². The van der Waals surface area contributed by atoms with Crippen molar-refractivity contribution in [1.82, 2.24) is 10.2 Å². The molecule has 0 aromatic heterocycles. The summed E-state index contributed by atoms with van der Waals surface area (Å²) in [6.07, 6.45) is 7.19. The molecule has 2 heterocycles. The molecule has 0 spiro atoms. The molecule has 20 heavy (non-hydrogen) atoms. The Balaban J connectivity index is 1.67. The molecule has 3 rings (SSSR count). The SMILES string of the molecule is CC(C)C1CN(CC2CCCCO2)C(C)(C2CC2)CN1. The van der Waals surface area contributed by atoms with Gasteiger partial charge in [-0.05, 0) is 50.9 Å². The van der Waals surface area contributed by atoms with E-state index in [1.54, 1.807) is 0 Å². The minimum atomic E-state index is 0.367. The normalized spacial score (nSPS) is 40.2. The molecule has 2 saturated heterocycles. The molecule has 0 radical (unpaired) electrons. The first-order valence-corrected chi connectivity index (χ1v) is 8.69. The van der Waals surface area contributed by atoms with Crippen LogP contribution < -0.4 is 5.32 Å². The van der Waals surface area contributed by atoms with Crippen LogP contribution >= 0.6 is 0 Å². The first-order chi connectivity index (χ1) is 9.59. The van der Waals surface area contributed by atoms with Gasteiger partial charge in [0.15, 0.2) is 0 Å². The molecule has 116 valence electrons. The highest BCUT2D eigenvalue weighted by Crippen LogP contribution is 2.44. The Hall–Kier alpha value is -0.120. The molecule has 0 bridgehead atoms. The van der Waals surface area contributed by atoms with Crippen molar-refractivity contribution in [2.45, 2.75) is 70.6 Å². The van der Waals surface area contributed by atoms with Crippen molar-refractivity contribution >= 4 is 0 Å². The Labute approximate surface area is 124 Å². The fraction of sp³-hybridized carbons (Fsp3) is 1.00. The molecule has 3 fully saturated rings. The highest BCUT2D eigenvalue weighted by atomic mass is 16.5. The van der Waals surface area contributed by atoms with Crippen molar-refractivity contribution < 1.29 is 4.74 Å². The zero-order chi connectivity index (χ0) is 14.2. The van der Waals surface area contributed by atoms with E-state index in [0.717, 1.165) is 25.6 Å². The molecule has 0 amide bonds. The summed E-state index contributed by atoms with van der Waals surface area (Å²) in [4.78, 5) is 2.78. The van der Waals surface area contributed by atoms with Crippen LogP contribution in [-0.2, 0) is 4.74 Å². The average molecular weight is 280 g/mol. The van der Waals surface area contributed by atoms with Gasteiger partial charge in [0.05, 0.1) is 6.10 Å². The number of rotatable bonds is 4. The number of nitrogens with zero attached hydrogens (tertiary/aromatic N) is 1. The van der Waals surface area contributed by atoms with E-state index in [9.17, 15) is 0 Å². The summed E-state index contributed by atoms with van der Waals surface area (Å²) in [6.45, 7) is 11.6. The first kappa shape index (κ1) is 14.8. The maximum atomic E-state index is 6.01. The largest absolute Gasteiger partial charge is 0.377 e. The van der Waals surface area contributed by atoms with Gasteiger partial charge in [-0.3, -0.25) is 4.90 Å². The number of hydrogen-bond acceptors (Lipinski definition) is 3. The number of hydrogen-bond donors (Lipinski definition) is 1. The van der Waals surface area contributed by atoms with Crippen LogP contribution in [0.25, 0.3) is 0 Å². The zero-order valence-corrected chi connectivity index (χ0v) is 13.5. The van der Waals surface area contributed by atoms with Gasteiger partial charge >= 0.3 is 0 Å². The average Bonchev–Trinajstić information content (AvgIpc) is 3.27. The van der Waals surface area contributed by atoms with Crippen LogP contribution in [0.15, 0.2) is 0 Å². The second-order valence-electron chi connectivity index (χ2n) is 7.76. The summed E-state index contributed by atoms with van der Waals surface area (Å²) in [5, 5.41) is 3.82. The molecule has 2 aliphatic heterocycles. The van der Waals surface area contributed by atoms with E-state index in [1.165, 1.54) is 38.6 Å². The molecule has 3 nitrogen and oxygen atoms in total. The number of piperazine rings is 1. The van der Waals surface area contributed by atoms with Crippen LogP contribution in [0.4, 0.5) is 0 Å². The molecule has 3 aliphatic rings. The van der Waals surface area contributed by atoms with Crippen molar-refractivity contribution in [3.05, 3.63) is 0 Å². The molecule has 1 aliphatic carbocycles. The summed E-state index contributed by atoms with van der Waals surface area (Å²) in [5.74, 6) is 1.63. The van der Waals surface area contributed by atoms with E-state index in [1.807, 2.05) is 0 Å². The summed E-state index contributed by atoms with van der Waals surface area (Å²) >= 11 is 0. The summed E-state index contributed by atoms with van der Waals surface area (Å²) in [6, 6.07) is 0.644. The van der Waals surface area contributed by atoms with Gasteiger partial charge in [-0.25, -0.2) is 0 Å². The Kier molecular flexibility index (Phi) is 4.40. The fourth-order valence-electron chi connectivity index (χ4n) is 3.99. The third-order valence-corrected chi connectivity index (χ3v) is 5.82. The van der Waals surface area contributed by atoms with Crippen LogP contribution in [0.5, 0.6) is 0 Å². The van der Waals surface area contributed by atoms with Crippen LogP contribution in [0.3, 0.4) is 0 Å². The molecule has 0 aromatic carbocycles. The van der Waals surface area contributed by atoms with Gasteiger partial charge in [0, 0.05) is 37.8 Å². The van der Waals surface area contributed by atoms with Gasteiger partial charge in [0.1, 0.15) is 0 Å². The van der Waals surface area contributed by atoms with Crippen LogP contribution in [0.1, 0.15) is 52.9 Å². The molecule has 0 aromatic rings. The number of ether oxygens (including phenoxy) is 1. The second kappa shape index (κ2) is 5.94. The maximum Gasteiger partial charge on any atom is 0.0702 e. The third-order valence-electron chi connectivity index (χ3n) is 5.82. The van der Waals surface area contributed by atoms with Gasteiger partial charge in [-0.15, -0.1) is 0 Å². The molecular formula is C17H32N2O. The Bertz CT molecular complexity index is 323. The Morgan fingerprint density at radius 1 is 1.25 bits per heavy atom. The van der Waals surface area contributed by atoms with E-state index >= 15 is 0 Å². The standard InChI is InChI=1S/C17H32N2O/c1-13(2)16-11-19(10-15-6-4-5-9-20-15)17(3,12-18-16)14-7-8-14/h13-16,18H,4-12H2,1-3H3.